The molecular weight excluding hydrogens is 440 g/mol. The maximum atomic E-state index is 13.2. The fraction of sp³-hybridized carbons (Fsp3) is 0. The molecule has 1 amide bonds. The quantitative estimate of drug-likeness (QED) is 0.340. The van der Waals surface area contributed by atoms with E-state index in [1.54, 1.807) is 48.5 Å². The van der Waals surface area contributed by atoms with Crippen LogP contribution in [0.2, 0.25) is 5.02 Å². The maximum absolute atomic E-state index is 13.2. The van der Waals surface area contributed by atoms with Crippen LogP contribution in [-0.4, -0.2) is 31.9 Å². The van der Waals surface area contributed by atoms with Gasteiger partial charge in [0.2, 0.25) is 0 Å². The molecule has 5 aromatic rings. The van der Waals surface area contributed by atoms with Crippen molar-refractivity contribution in [3.05, 3.63) is 88.9 Å². The summed E-state index contributed by atoms with van der Waals surface area (Å²) in [6.07, 6.45) is 1.52. The number of phenols is 1. The van der Waals surface area contributed by atoms with Crippen molar-refractivity contribution in [3.8, 4) is 5.75 Å². The van der Waals surface area contributed by atoms with Crippen LogP contribution in [0.1, 0.15) is 15.9 Å². The molecule has 0 fully saturated rings. The number of para-hydroxylation sites is 2. The lowest BCUT2D eigenvalue weighted by Gasteiger charge is -2.05. The van der Waals surface area contributed by atoms with Crippen molar-refractivity contribution in [3.63, 3.8) is 0 Å². The van der Waals surface area contributed by atoms with Gasteiger partial charge < -0.3 is 16.2 Å². The van der Waals surface area contributed by atoms with E-state index in [-0.39, 0.29) is 17.1 Å². The summed E-state index contributed by atoms with van der Waals surface area (Å²) in [5.41, 5.74) is 9.68. The summed E-state index contributed by atoms with van der Waals surface area (Å²) in [6.45, 7) is 0. The third-order valence-electron chi connectivity index (χ3n) is 5.00. The van der Waals surface area contributed by atoms with E-state index in [9.17, 15) is 9.90 Å². The van der Waals surface area contributed by atoms with Crippen LogP contribution >= 0.6 is 11.6 Å². The Balaban J connectivity index is 1.66. The molecule has 0 bridgehead atoms. The van der Waals surface area contributed by atoms with E-state index in [1.165, 1.54) is 10.9 Å². The monoisotopic (exact) mass is 456 g/mol. The summed E-state index contributed by atoms with van der Waals surface area (Å²) in [4.78, 5) is 22.5. The van der Waals surface area contributed by atoms with Crippen LogP contribution in [0.15, 0.2) is 77.9 Å². The van der Waals surface area contributed by atoms with E-state index in [0.717, 1.165) is 0 Å². The minimum Gasteiger partial charge on any atom is -0.508 e. The van der Waals surface area contributed by atoms with Gasteiger partial charge in [-0.3, -0.25) is 4.79 Å². The van der Waals surface area contributed by atoms with E-state index in [0.29, 0.717) is 38.5 Å². The molecule has 0 saturated heterocycles. The minimum atomic E-state index is -0.448. The topological polar surface area (TPSA) is 118 Å². The Hall–Kier alpha value is -4.43. The van der Waals surface area contributed by atoms with Gasteiger partial charge in [-0.15, -0.1) is 0 Å². The third kappa shape index (κ3) is 3.95. The van der Waals surface area contributed by atoms with Crippen LogP contribution in [0.3, 0.4) is 0 Å². The summed E-state index contributed by atoms with van der Waals surface area (Å²) in [5, 5.41) is 17.5. The van der Waals surface area contributed by atoms with Crippen molar-refractivity contribution in [1.82, 2.24) is 14.6 Å². The normalized spacial score (nSPS) is 11.4. The zero-order valence-electron chi connectivity index (χ0n) is 17.1. The molecule has 0 aliphatic heterocycles. The number of nitrogens with one attached hydrogen (secondary N) is 1. The fourth-order valence-corrected chi connectivity index (χ4v) is 3.57. The van der Waals surface area contributed by atoms with Gasteiger partial charge in [-0.1, -0.05) is 35.9 Å². The highest BCUT2D eigenvalue weighted by Crippen LogP contribution is 2.29. The number of nitrogens with zero attached hydrogens (tertiary/aromatic N) is 4. The number of hydrogen-bond acceptors (Lipinski definition) is 6. The van der Waals surface area contributed by atoms with E-state index in [2.05, 4.69) is 20.4 Å². The van der Waals surface area contributed by atoms with Gasteiger partial charge in [0.05, 0.1) is 17.2 Å². The number of rotatable bonds is 4. The predicted molar refractivity (Wildman–Crippen MR) is 130 cm³/mol. The first-order valence-corrected chi connectivity index (χ1v) is 10.3. The number of aromatic hydroxyl groups is 1. The van der Waals surface area contributed by atoms with Crippen molar-refractivity contribution in [1.29, 1.82) is 0 Å². The van der Waals surface area contributed by atoms with E-state index >= 15 is 0 Å². The van der Waals surface area contributed by atoms with Crippen LogP contribution in [-0.2, 0) is 0 Å². The summed E-state index contributed by atoms with van der Waals surface area (Å²) in [6, 6.07) is 20.7. The molecule has 0 spiro atoms. The standard InChI is InChI=1S/C24H17ClN6O2/c25-15-8-10-16(11-9-15)28-24(33)20-21-23(30-19-7-2-1-6-18(19)29-21)31(22(20)26)27-13-14-4-3-5-17(32)12-14/h1-13,32H,26H2,(H,28,33). The molecule has 33 heavy (non-hydrogen) atoms. The Morgan fingerprint density at radius 3 is 2.48 bits per heavy atom. The molecule has 162 valence electrons. The van der Waals surface area contributed by atoms with Gasteiger partial charge in [0.25, 0.3) is 5.91 Å². The van der Waals surface area contributed by atoms with Crippen LogP contribution in [0.25, 0.3) is 22.2 Å². The van der Waals surface area contributed by atoms with Gasteiger partial charge in [0, 0.05) is 10.7 Å². The predicted octanol–water partition coefficient (Wildman–Crippen LogP) is 4.66. The summed E-state index contributed by atoms with van der Waals surface area (Å²) < 4.78 is 1.37. The van der Waals surface area contributed by atoms with E-state index < -0.39 is 5.91 Å². The van der Waals surface area contributed by atoms with E-state index in [1.807, 2.05) is 24.3 Å². The first-order chi connectivity index (χ1) is 16.0. The molecule has 0 aliphatic carbocycles. The van der Waals surface area contributed by atoms with Crippen LogP contribution in [0, 0.1) is 0 Å². The molecule has 8 nitrogen and oxygen atoms in total. The molecule has 9 heteroatoms. The van der Waals surface area contributed by atoms with Gasteiger partial charge in [-0.05, 0) is 54.1 Å². The van der Waals surface area contributed by atoms with Crippen molar-refractivity contribution >= 4 is 57.4 Å². The lowest BCUT2D eigenvalue weighted by molar-refractivity contribution is 0.102. The smallest absolute Gasteiger partial charge is 0.261 e. The van der Waals surface area contributed by atoms with Crippen molar-refractivity contribution in [2.24, 2.45) is 5.10 Å². The summed E-state index contributed by atoms with van der Waals surface area (Å²) in [5.74, 6) is -0.253. The number of aromatic nitrogens is 3. The molecule has 0 radical (unpaired) electrons. The zero-order valence-corrected chi connectivity index (χ0v) is 17.9. The van der Waals surface area contributed by atoms with Crippen molar-refractivity contribution < 1.29 is 9.90 Å². The second-order valence-electron chi connectivity index (χ2n) is 7.26. The fourth-order valence-electron chi connectivity index (χ4n) is 3.44. The zero-order chi connectivity index (χ0) is 22.9. The second-order valence-corrected chi connectivity index (χ2v) is 7.69. The van der Waals surface area contributed by atoms with Crippen LogP contribution < -0.4 is 11.1 Å². The second kappa shape index (κ2) is 8.25. The number of halogens is 1. The largest absolute Gasteiger partial charge is 0.508 e. The number of nitrogen functional groups attached to an aromatic ring is 1. The molecular formula is C24H17ClN6O2. The highest BCUT2D eigenvalue weighted by molar-refractivity contribution is 6.30. The highest BCUT2D eigenvalue weighted by atomic mass is 35.5. The Morgan fingerprint density at radius 2 is 1.76 bits per heavy atom. The molecule has 2 aromatic heterocycles. The average Bonchev–Trinajstić information content (AvgIpc) is 3.08. The first kappa shape index (κ1) is 20.5. The average molecular weight is 457 g/mol. The molecule has 2 heterocycles. The number of carbonyl (C=O) groups excluding carboxylic acids is 1. The minimum absolute atomic E-state index is 0.0863. The van der Waals surface area contributed by atoms with Crippen LogP contribution in [0.5, 0.6) is 5.75 Å². The molecule has 0 unspecified atom stereocenters. The van der Waals surface area contributed by atoms with Gasteiger partial charge in [-0.25, -0.2) is 9.97 Å². The number of nitrogens with two attached hydrogens (primary N) is 1. The summed E-state index contributed by atoms with van der Waals surface area (Å²) in [7, 11) is 0. The lowest BCUT2D eigenvalue weighted by atomic mass is 10.2. The van der Waals surface area contributed by atoms with Gasteiger partial charge in [-0.2, -0.15) is 9.78 Å². The van der Waals surface area contributed by atoms with Gasteiger partial charge in [0.15, 0.2) is 5.65 Å². The van der Waals surface area contributed by atoms with Crippen molar-refractivity contribution in [2.75, 3.05) is 11.1 Å². The summed E-state index contributed by atoms with van der Waals surface area (Å²) >= 11 is 5.94. The molecule has 5 rings (SSSR count). The first-order valence-electron chi connectivity index (χ1n) is 9.96. The molecule has 0 aliphatic rings. The number of amides is 1. The Labute approximate surface area is 193 Å². The SMILES string of the molecule is Nc1c(C(=O)Nc2ccc(Cl)cc2)c2nc3ccccc3nc2n1N=Cc1cccc(O)c1. The molecule has 4 N–H and O–H groups in total. The van der Waals surface area contributed by atoms with Gasteiger partial charge >= 0.3 is 0 Å². The molecule has 0 saturated carbocycles. The number of anilines is 2. The van der Waals surface area contributed by atoms with Crippen LogP contribution in [0.4, 0.5) is 11.5 Å². The number of phenolic OH excluding ortho intramolecular Hbond substituents is 1. The number of fused-ring (bicyclic) bond motifs is 2. The number of benzene rings is 3. The Morgan fingerprint density at radius 1 is 1.03 bits per heavy atom. The molecule has 3 aromatic carbocycles. The lowest BCUT2D eigenvalue weighted by Crippen LogP contribution is -2.14. The Bertz CT molecular complexity index is 1540. The highest BCUT2D eigenvalue weighted by Gasteiger charge is 2.24. The van der Waals surface area contributed by atoms with E-state index in [4.69, 9.17) is 17.3 Å². The van der Waals surface area contributed by atoms with Gasteiger partial charge in [0.1, 0.15) is 22.6 Å². The third-order valence-corrected chi connectivity index (χ3v) is 5.25. The maximum Gasteiger partial charge on any atom is 0.261 e. The van der Waals surface area contributed by atoms with Crippen molar-refractivity contribution in [2.45, 2.75) is 0 Å². The number of hydrogen-bond donors (Lipinski definition) is 3. The Kier molecular flexibility index (Phi) is 5.12. The molecule has 0 atom stereocenters. The number of carbonyl (C=O) groups is 1.